The number of carbonyl (C=O) groups is 2. The fraction of sp³-hybridized carbons (Fsp3) is 0.333. The standard InChI is InChI=1S/C24H27FN2O5/c1-4-26(5-2)11-12-27-21(15-7-6-8-16(25)13-15)20(23(30)24(27)31)22(29)18-10-9-17(32-3)14-19(18)28/h6-10,13-14,21,28-29H,4-5,11-12H2,1-3H3. The highest BCUT2D eigenvalue weighted by Gasteiger charge is 2.46. The molecule has 2 aromatic carbocycles. The van der Waals surface area contributed by atoms with Crippen LogP contribution in [0.2, 0.25) is 0 Å². The number of hydrogen-bond donors (Lipinski definition) is 2. The number of benzene rings is 2. The maximum Gasteiger partial charge on any atom is 0.295 e. The third-order valence-electron chi connectivity index (χ3n) is 5.72. The Labute approximate surface area is 186 Å². The largest absolute Gasteiger partial charge is 0.507 e. The maximum absolute atomic E-state index is 14.0. The van der Waals surface area contributed by atoms with Gasteiger partial charge in [0.2, 0.25) is 0 Å². The van der Waals surface area contributed by atoms with Gasteiger partial charge in [0.25, 0.3) is 11.7 Å². The van der Waals surface area contributed by atoms with Crippen LogP contribution < -0.4 is 4.74 Å². The van der Waals surface area contributed by atoms with Crippen molar-refractivity contribution in [3.8, 4) is 11.5 Å². The Morgan fingerprint density at radius 2 is 1.88 bits per heavy atom. The van der Waals surface area contributed by atoms with Crippen LogP contribution in [0.5, 0.6) is 11.5 Å². The monoisotopic (exact) mass is 442 g/mol. The average Bonchev–Trinajstić information content (AvgIpc) is 3.04. The molecular weight excluding hydrogens is 415 g/mol. The first-order chi connectivity index (χ1) is 15.3. The first-order valence-electron chi connectivity index (χ1n) is 10.5. The minimum Gasteiger partial charge on any atom is -0.507 e. The summed E-state index contributed by atoms with van der Waals surface area (Å²) in [5.74, 6) is -2.66. The van der Waals surface area contributed by atoms with Gasteiger partial charge >= 0.3 is 0 Å². The van der Waals surface area contributed by atoms with Gasteiger partial charge in [-0.2, -0.15) is 0 Å². The average molecular weight is 442 g/mol. The van der Waals surface area contributed by atoms with Crippen LogP contribution in [0.4, 0.5) is 4.39 Å². The molecule has 1 unspecified atom stereocenters. The lowest BCUT2D eigenvalue weighted by molar-refractivity contribution is -0.140. The number of Topliss-reactive ketones (excluding diaryl/α,β-unsaturated/α-hetero) is 1. The lowest BCUT2D eigenvalue weighted by Crippen LogP contribution is -2.38. The van der Waals surface area contributed by atoms with Crippen molar-refractivity contribution in [3.05, 3.63) is 65.0 Å². The molecular formula is C24H27FN2O5. The van der Waals surface area contributed by atoms with Gasteiger partial charge in [-0.15, -0.1) is 0 Å². The van der Waals surface area contributed by atoms with Crippen LogP contribution in [-0.4, -0.2) is 65.0 Å². The number of ether oxygens (including phenoxy) is 1. The predicted molar refractivity (Wildman–Crippen MR) is 118 cm³/mol. The van der Waals surface area contributed by atoms with E-state index in [-0.39, 0.29) is 23.4 Å². The summed E-state index contributed by atoms with van der Waals surface area (Å²) in [6.45, 7) is 6.26. The van der Waals surface area contributed by atoms with Crippen LogP contribution >= 0.6 is 0 Å². The molecule has 1 saturated heterocycles. The van der Waals surface area contributed by atoms with Crippen molar-refractivity contribution in [2.24, 2.45) is 0 Å². The fourth-order valence-electron chi connectivity index (χ4n) is 3.91. The number of hydrogen-bond acceptors (Lipinski definition) is 6. The third-order valence-corrected chi connectivity index (χ3v) is 5.72. The smallest absolute Gasteiger partial charge is 0.295 e. The normalized spacial score (nSPS) is 17.9. The Bertz CT molecular complexity index is 1050. The minimum absolute atomic E-state index is 0.0195. The van der Waals surface area contributed by atoms with Crippen molar-refractivity contribution < 1.29 is 28.9 Å². The number of rotatable bonds is 8. The summed E-state index contributed by atoms with van der Waals surface area (Å²) in [5.41, 5.74) is 0.146. The van der Waals surface area contributed by atoms with E-state index in [1.165, 1.54) is 48.4 Å². The predicted octanol–water partition coefficient (Wildman–Crippen LogP) is 3.30. The summed E-state index contributed by atoms with van der Waals surface area (Å²) in [7, 11) is 1.43. The molecule has 0 radical (unpaired) electrons. The minimum atomic E-state index is -0.984. The second-order valence-electron chi connectivity index (χ2n) is 7.46. The van der Waals surface area contributed by atoms with Gasteiger partial charge in [0.1, 0.15) is 23.1 Å². The number of aromatic hydroxyl groups is 1. The van der Waals surface area contributed by atoms with Crippen molar-refractivity contribution in [3.63, 3.8) is 0 Å². The zero-order valence-corrected chi connectivity index (χ0v) is 18.3. The number of aliphatic hydroxyl groups excluding tert-OH is 1. The molecule has 1 aliphatic rings. The molecule has 170 valence electrons. The number of phenolic OH excluding ortho intramolecular Hbond substituents is 1. The molecule has 2 aromatic rings. The van der Waals surface area contributed by atoms with E-state index < -0.39 is 29.3 Å². The third kappa shape index (κ3) is 4.45. The van der Waals surface area contributed by atoms with Crippen molar-refractivity contribution >= 4 is 17.4 Å². The van der Waals surface area contributed by atoms with Gasteiger partial charge < -0.3 is 24.7 Å². The number of phenols is 1. The summed E-state index contributed by atoms with van der Waals surface area (Å²) in [5, 5.41) is 21.4. The zero-order valence-electron chi connectivity index (χ0n) is 18.3. The molecule has 0 aromatic heterocycles. The molecule has 0 saturated carbocycles. The van der Waals surface area contributed by atoms with E-state index in [2.05, 4.69) is 4.90 Å². The Kier molecular flexibility index (Phi) is 7.15. The highest BCUT2D eigenvalue weighted by Crippen LogP contribution is 2.41. The number of likely N-dealkylation sites (tertiary alicyclic amines) is 1. The number of amides is 1. The van der Waals surface area contributed by atoms with Gasteiger partial charge in [0.15, 0.2) is 0 Å². The maximum atomic E-state index is 14.0. The molecule has 8 heteroatoms. The number of ketones is 1. The lowest BCUT2D eigenvalue weighted by atomic mass is 9.95. The molecule has 1 aliphatic heterocycles. The van der Waals surface area contributed by atoms with Crippen molar-refractivity contribution in [1.29, 1.82) is 0 Å². The summed E-state index contributed by atoms with van der Waals surface area (Å²) in [4.78, 5) is 29.4. The number of halogens is 1. The van der Waals surface area contributed by atoms with Gasteiger partial charge in [0, 0.05) is 19.2 Å². The molecule has 32 heavy (non-hydrogen) atoms. The van der Waals surface area contributed by atoms with Crippen molar-refractivity contribution in [2.75, 3.05) is 33.3 Å². The summed E-state index contributed by atoms with van der Waals surface area (Å²) in [6, 6.07) is 8.82. The van der Waals surface area contributed by atoms with E-state index in [0.717, 1.165) is 13.1 Å². The molecule has 1 atom stereocenters. The molecule has 3 rings (SSSR count). The summed E-state index contributed by atoms with van der Waals surface area (Å²) in [6.07, 6.45) is 0. The molecule has 2 N–H and O–H groups in total. The highest BCUT2D eigenvalue weighted by atomic mass is 19.1. The van der Waals surface area contributed by atoms with E-state index in [1.807, 2.05) is 13.8 Å². The van der Waals surface area contributed by atoms with Crippen LogP contribution in [-0.2, 0) is 9.59 Å². The lowest BCUT2D eigenvalue weighted by Gasteiger charge is -2.28. The summed E-state index contributed by atoms with van der Waals surface area (Å²) < 4.78 is 19.1. The molecule has 0 aliphatic carbocycles. The van der Waals surface area contributed by atoms with Gasteiger partial charge in [0.05, 0.1) is 24.3 Å². The van der Waals surface area contributed by atoms with Crippen LogP contribution in [0.25, 0.3) is 5.76 Å². The second-order valence-corrected chi connectivity index (χ2v) is 7.46. The van der Waals surface area contributed by atoms with Crippen LogP contribution in [0, 0.1) is 5.82 Å². The number of nitrogens with zero attached hydrogens (tertiary/aromatic N) is 2. The zero-order chi connectivity index (χ0) is 23.4. The van der Waals surface area contributed by atoms with Gasteiger partial charge in [-0.3, -0.25) is 9.59 Å². The molecule has 0 bridgehead atoms. The Hall–Kier alpha value is -3.39. The van der Waals surface area contributed by atoms with Gasteiger partial charge in [-0.05, 0) is 42.9 Å². The van der Waals surface area contributed by atoms with Crippen LogP contribution in [0.1, 0.15) is 31.0 Å². The van der Waals surface area contributed by atoms with Crippen molar-refractivity contribution in [2.45, 2.75) is 19.9 Å². The van der Waals surface area contributed by atoms with E-state index in [1.54, 1.807) is 6.07 Å². The number of aliphatic hydroxyl groups is 1. The molecule has 0 spiro atoms. The van der Waals surface area contributed by atoms with E-state index in [4.69, 9.17) is 4.74 Å². The van der Waals surface area contributed by atoms with E-state index in [9.17, 15) is 24.2 Å². The number of methoxy groups -OCH3 is 1. The second kappa shape index (κ2) is 9.82. The number of likely N-dealkylation sites (N-methyl/N-ethyl adjacent to an activating group) is 1. The molecule has 1 heterocycles. The Morgan fingerprint density at radius 1 is 1.16 bits per heavy atom. The molecule has 1 fully saturated rings. The Morgan fingerprint density at radius 3 is 2.47 bits per heavy atom. The molecule has 7 nitrogen and oxygen atoms in total. The fourth-order valence-corrected chi connectivity index (χ4v) is 3.91. The van der Waals surface area contributed by atoms with E-state index >= 15 is 0 Å². The first-order valence-corrected chi connectivity index (χ1v) is 10.5. The first kappa shape index (κ1) is 23.3. The topological polar surface area (TPSA) is 90.3 Å². The Balaban J connectivity index is 2.13. The van der Waals surface area contributed by atoms with E-state index in [0.29, 0.717) is 17.9 Å². The SMILES string of the molecule is CCN(CC)CCN1C(=O)C(=O)C(=C(O)c2ccc(OC)cc2O)C1c1cccc(F)c1. The molecule has 1 amide bonds. The highest BCUT2D eigenvalue weighted by molar-refractivity contribution is 6.46. The quantitative estimate of drug-likeness (QED) is 0.370. The van der Waals surface area contributed by atoms with Crippen molar-refractivity contribution in [1.82, 2.24) is 9.80 Å². The van der Waals surface area contributed by atoms with Crippen LogP contribution in [0.3, 0.4) is 0 Å². The number of carbonyl (C=O) groups excluding carboxylic acids is 2. The van der Waals surface area contributed by atoms with Gasteiger partial charge in [-0.25, -0.2) is 4.39 Å². The van der Waals surface area contributed by atoms with Gasteiger partial charge in [-0.1, -0.05) is 26.0 Å². The summed E-state index contributed by atoms with van der Waals surface area (Å²) >= 11 is 0. The van der Waals surface area contributed by atoms with Crippen LogP contribution in [0.15, 0.2) is 48.0 Å².